The lowest BCUT2D eigenvalue weighted by Gasteiger charge is -2.45. The Morgan fingerprint density at radius 3 is 2.33 bits per heavy atom. The zero-order valence-corrected chi connectivity index (χ0v) is 23.0. The van der Waals surface area contributed by atoms with Gasteiger partial charge in [-0.1, -0.05) is 23.2 Å². The minimum Gasteiger partial charge on any atom is -0.481 e. The summed E-state index contributed by atoms with van der Waals surface area (Å²) in [4.78, 5) is 28.5. The number of piperazine rings is 1. The average Bonchev–Trinajstić information content (AvgIpc) is 3.16. The Labute approximate surface area is 233 Å². The van der Waals surface area contributed by atoms with E-state index in [1.807, 2.05) is 6.07 Å². The van der Waals surface area contributed by atoms with Gasteiger partial charge in [0.15, 0.2) is 0 Å². The van der Waals surface area contributed by atoms with Gasteiger partial charge in [0.2, 0.25) is 0 Å². The second-order valence-electron chi connectivity index (χ2n) is 10.5. The Balaban J connectivity index is 1.34. The van der Waals surface area contributed by atoms with Gasteiger partial charge in [-0.3, -0.25) is 14.5 Å². The normalized spacial score (nSPS) is 20.3. The number of hydrogen-bond acceptors (Lipinski definition) is 3. The van der Waals surface area contributed by atoms with Crippen molar-refractivity contribution < 1.29 is 27.9 Å². The zero-order chi connectivity index (χ0) is 28.2. The summed E-state index contributed by atoms with van der Waals surface area (Å²) in [7, 11) is 1.70. The summed E-state index contributed by atoms with van der Waals surface area (Å²) in [5, 5.41) is 10.4. The van der Waals surface area contributed by atoms with Crippen LogP contribution in [-0.4, -0.2) is 63.6 Å². The number of hydrogen-bond donors (Lipinski definition) is 1. The van der Waals surface area contributed by atoms with E-state index in [1.54, 1.807) is 35.6 Å². The number of fused-ring (bicyclic) bond motifs is 1. The van der Waals surface area contributed by atoms with Gasteiger partial charge in [-0.05, 0) is 61.2 Å². The molecule has 1 saturated heterocycles. The second-order valence-corrected chi connectivity index (χ2v) is 11.3. The van der Waals surface area contributed by atoms with Crippen molar-refractivity contribution in [2.24, 2.45) is 13.0 Å². The SMILES string of the molecule is Cc1cc(C(F)(F)F)cc2c1cc(Cc1c(Cl)ccc(C(=O)N3CCN(C4CC(C(=O)O)C4)CC3)c1Cl)n2C. The molecule has 2 aromatic carbocycles. The van der Waals surface area contributed by atoms with Crippen LogP contribution >= 0.6 is 23.2 Å². The third kappa shape index (κ3) is 5.24. The maximum absolute atomic E-state index is 13.4. The largest absolute Gasteiger partial charge is 0.481 e. The number of carboxylic acid groups (broad SMARTS) is 1. The number of carboxylic acids is 1. The van der Waals surface area contributed by atoms with Gasteiger partial charge in [0.05, 0.1) is 22.1 Å². The summed E-state index contributed by atoms with van der Waals surface area (Å²) in [6.07, 6.45) is -2.93. The number of carbonyl (C=O) groups is 2. The molecule has 0 spiro atoms. The van der Waals surface area contributed by atoms with E-state index in [2.05, 4.69) is 4.90 Å². The molecule has 2 fully saturated rings. The first-order chi connectivity index (χ1) is 18.3. The van der Waals surface area contributed by atoms with Crippen LogP contribution in [0.5, 0.6) is 0 Å². The summed E-state index contributed by atoms with van der Waals surface area (Å²) < 4.78 is 41.9. The summed E-state index contributed by atoms with van der Waals surface area (Å²) in [6, 6.07) is 7.59. The van der Waals surface area contributed by atoms with E-state index in [9.17, 15) is 22.8 Å². The second kappa shape index (κ2) is 10.3. The third-order valence-electron chi connectivity index (χ3n) is 8.15. The Bertz CT molecular complexity index is 1460. The molecular weight excluding hydrogens is 554 g/mol. The molecule has 2 heterocycles. The summed E-state index contributed by atoms with van der Waals surface area (Å²) in [5.41, 5.74) is 1.85. The fourth-order valence-corrected chi connectivity index (χ4v) is 6.24. The molecule has 208 valence electrons. The summed E-state index contributed by atoms with van der Waals surface area (Å²) >= 11 is 13.2. The van der Waals surface area contributed by atoms with E-state index in [1.165, 1.54) is 0 Å². The van der Waals surface area contributed by atoms with E-state index in [0.717, 1.165) is 17.8 Å². The highest BCUT2D eigenvalue weighted by Gasteiger charge is 2.39. The fraction of sp³-hybridized carbons (Fsp3) is 0.429. The van der Waals surface area contributed by atoms with Gasteiger partial charge >= 0.3 is 12.1 Å². The van der Waals surface area contributed by atoms with Gasteiger partial charge in [0.1, 0.15) is 0 Å². The van der Waals surface area contributed by atoms with Crippen molar-refractivity contribution in [1.82, 2.24) is 14.4 Å². The van der Waals surface area contributed by atoms with Crippen molar-refractivity contribution >= 4 is 46.0 Å². The average molecular weight is 582 g/mol. The van der Waals surface area contributed by atoms with Crippen molar-refractivity contribution in [1.29, 1.82) is 0 Å². The molecule has 11 heteroatoms. The first-order valence-corrected chi connectivity index (χ1v) is 13.5. The number of aliphatic carboxylic acids is 1. The predicted molar refractivity (Wildman–Crippen MR) is 144 cm³/mol. The van der Waals surface area contributed by atoms with Gasteiger partial charge < -0.3 is 14.6 Å². The van der Waals surface area contributed by atoms with E-state index in [0.29, 0.717) is 71.6 Å². The lowest BCUT2D eigenvalue weighted by Crippen LogP contribution is -2.56. The molecule has 1 aliphatic carbocycles. The Hall–Kier alpha value is -2.75. The maximum Gasteiger partial charge on any atom is 0.416 e. The number of rotatable bonds is 5. The molecule has 0 radical (unpaired) electrons. The summed E-state index contributed by atoms with van der Waals surface area (Å²) in [6.45, 7) is 3.98. The minimum atomic E-state index is -4.45. The minimum absolute atomic E-state index is 0.211. The number of amides is 1. The van der Waals surface area contributed by atoms with Gasteiger partial charge in [0.25, 0.3) is 5.91 Å². The van der Waals surface area contributed by atoms with E-state index >= 15 is 0 Å². The van der Waals surface area contributed by atoms with E-state index < -0.39 is 17.7 Å². The Kier molecular flexibility index (Phi) is 7.37. The molecule has 1 aliphatic heterocycles. The van der Waals surface area contributed by atoms with Gasteiger partial charge in [-0.2, -0.15) is 13.2 Å². The van der Waals surface area contributed by atoms with Gasteiger partial charge in [-0.15, -0.1) is 0 Å². The highest BCUT2D eigenvalue weighted by molar-refractivity contribution is 6.38. The third-order valence-corrected chi connectivity index (χ3v) is 8.94. The molecule has 0 atom stereocenters. The number of aryl methyl sites for hydroxylation is 2. The molecule has 1 amide bonds. The number of aromatic nitrogens is 1. The predicted octanol–water partition coefficient (Wildman–Crippen LogP) is 6.02. The topological polar surface area (TPSA) is 65.8 Å². The molecule has 1 N–H and O–H groups in total. The fourth-order valence-electron chi connectivity index (χ4n) is 5.65. The van der Waals surface area contributed by atoms with Crippen LogP contribution < -0.4 is 0 Å². The van der Waals surface area contributed by atoms with Crippen LogP contribution in [0.15, 0.2) is 30.3 Å². The van der Waals surface area contributed by atoms with Crippen LogP contribution in [0.3, 0.4) is 0 Å². The molecule has 1 saturated carbocycles. The molecule has 39 heavy (non-hydrogen) atoms. The van der Waals surface area contributed by atoms with Gasteiger partial charge in [0, 0.05) is 67.3 Å². The van der Waals surface area contributed by atoms with Crippen LogP contribution in [-0.2, 0) is 24.4 Å². The number of halogens is 5. The number of benzene rings is 2. The molecule has 3 aromatic rings. The molecule has 0 unspecified atom stereocenters. The number of nitrogens with zero attached hydrogens (tertiary/aromatic N) is 3. The lowest BCUT2D eigenvalue weighted by molar-refractivity contribution is -0.147. The van der Waals surface area contributed by atoms with Crippen molar-refractivity contribution in [3.63, 3.8) is 0 Å². The van der Waals surface area contributed by atoms with E-state index in [-0.39, 0.29) is 29.3 Å². The zero-order valence-electron chi connectivity index (χ0n) is 21.5. The molecular formula is C28H28Cl2F3N3O3. The molecule has 6 nitrogen and oxygen atoms in total. The Morgan fingerprint density at radius 1 is 1.05 bits per heavy atom. The van der Waals surface area contributed by atoms with Crippen LogP contribution in [0.25, 0.3) is 10.9 Å². The smallest absolute Gasteiger partial charge is 0.416 e. The monoisotopic (exact) mass is 581 g/mol. The molecule has 5 rings (SSSR count). The highest BCUT2D eigenvalue weighted by atomic mass is 35.5. The summed E-state index contributed by atoms with van der Waals surface area (Å²) in [5.74, 6) is -1.24. The molecule has 1 aromatic heterocycles. The van der Waals surface area contributed by atoms with Crippen LogP contribution in [0.1, 0.15) is 45.6 Å². The highest BCUT2D eigenvalue weighted by Crippen LogP contribution is 2.37. The van der Waals surface area contributed by atoms with Crippen molar-refractivity contribution in [2.45, 2.75) is 38.4 Å². The lowest BCUT2D eigenvalue weighted by atomic mass is 9.79. The quantitative estimate of drug-likeness (QED) is 0.400. The van der Waals surface area contributed by atoms with Crippen LogP contribution in [0.2, 0.25) is 10.0 Å². The van der Waals surface area contributed by atoms with Crippen LogP contribution in [0, 0.1) is 12.8 Å². The number of carbonyl (C=O) groups excluding carboxylic acids is 1. The van der Waals surface area contributed by atoms with Crippen molar-refractivity contribution in [2.75, 3.05) is 26.2 Å². The van der Waals surface area contributed by atoms with Crippen molar-refractivity contribution in [3.05, 3.63) is 68.3 Å². The van der Waals surface area contributed by atoms with E-state index in [4.69, 9.17) is 28.3 Å². The van der Waals surface area contributed by atoms with Crippen LogP contribution in [0.4, 0.5) is 13.2 Å². The van der Waals surface area contributed by atoms with Gasteiger partial charge in [-0.25, -0.2) is 0 Å². The first kappa shape index (κ1) is 27.8. The molecule has 0 bridgehead atoms. The van der Waals surface area contributed by atoms with Crippen molar-refractivity contribution in [3.8, 4) is 0 Å². The first-order valence-electron chi connectivity index (χ1n) is 12.7. The number of alkyl halides is 3. The maximum atomic E-state index is 13.4. The standard InChI is InChI=1S/C28H28Cl2F3N3O3/c1-15-9-17(28(31,32)33)12-24-21(15)13-18(34(24)2)14-22-23(29)4-3-20(25(22)30)26(37)36-7-5-35(6-8-36)19-10-16(11-19)27(38)39/h3-4,9,12-13,16,19H,5-8,10-11,14H2,1-2H3,(H,38,39). The molecule has 2 aliphatic rings. The Morgan fingerprint density at radius 2 is 1.72 bits per heavy atom.